The van der Waals surface area contributed by atoms with E-state index in [0.29, 0.717) is 12.2 Å². The zero-order valence-electron chi connectivity index (χ0n) is 22.6. The number of carbonyl (C=O) groups is 1. The van der Waals surface area contributed by atoms with Gasteiger partial charge in [0.05, 0.1) is 16.8 Å². The van der Waals surface area contributed by atoms with Gasteiger partial charge < -0.3 is 10.1 Å². The normalized spacial score (nSPS) is 11.0. The molecular weight excluding hydrogens is 548 g/mol. The van der Waals surface area contributed by atoms with Gasteiger partial charge in [0.2, 0.25) is 0 Å². The SMILES string of the molecule is CCc1cc(Br)ccc1NC(=O)c1c(C)c(-c2ccc(OCc3ccccc3)cc2)nc2c(C)cc(C)cc12. The second-order valence-electron chi connectivity index (χ2n) is 9.85. The molecule has 0 radical (unpaired) electrons. The average Bonchev–Trinajstić information content (AvgIpc) is 2.93. The van der Waals surface area contributed by atoms with Crippen LogP contribution >= 0.6 is 15.9 Å². The van der Waals surface area contributed by atoms with Crippen molar-refractivity contribution in [3.05, 3.63) is 123 Å². The lowest BCUT2D eigenvalue weighted by atomic mass is 9.94. The molecule has 4 aromatic carbocycles. The van der Waals surface area contributed by atoms with Crippen molar-refractivity contribution in [1.82, 2.24) is 4.98 Å². The van der Waals surface area contributed by atoms with Gasteiger partial charge in [-0.2, -0.15) is 0 Å². The Morgan fingerprint density at radius 2 is 1.67 bits per heavy atom. The number of benzene rings is 4. The van der Waals surface area contributed by atoms with E-state index in [-0.39, 0.29) is 5.91 Å². The lowest BCUT2D eigenvalue weighted by Gasteiger charge is -2.18. The van der Waals surface area contributed by atoms with E-state index in [0.717, 1.165) is 72.3 Å². The number of hydrogen-bond donors (Lipinski definition) is 1. The molecule has 0 spiro atoms. The van der Waals surface area contributed by atoms with Gasteiger partial charge in [-0.1, -0.05) is 64.8 Å². The smallest absolute Gasteiger partial charge is 0.256 e. The zero-order chi connectivity index (χ0) is 27.5. The van der Waals surface area contributed by atoms with Crippen molar-refractivity contribution < 1.29 is 9.53 Å². The highest BCUT2D eigenvalue weighted by Crippen LogP contribution is 2.34. The van der Waals surface area contributed by atoms with Gasteiger partial charge in [-0.3, -0.25) is 4.79 Å². The third-order valence-corrected chi connectivity index (χ3v) is 7.46. The molecule has 4 nitrogen and oxygen atoms in total. The van der Waals surface area contributed by atoms with Crippen LogP contribution in [0.5, 0.6) is 5.75 Å². The van der Waals surface area contributed by atoms with Gasteiger partial charge in [0, 0.05) is 21.1 Å². The number of fused-ring (bicyclic) bond motifs is 1. The van der Waals surface area contributed by atoms with Crippen molar-refractivity contribution in [3.63, 3.8) is 0 Å². The minimum absolute atomic E-state index is 0.133. The van der Waals surface area contributed by atoms with Gasteiger partial charge >= 0.3 is 0 Å². The van der Waals surface area contributed by atoms with Gasteiger partial charge in [-0.15, -0.1) is 0 Å². The molecule has 0 aliphatic rings. The number of aryl methyl sites for hydroxylation is 3. The number of aromatic nitrogens is 1. The summed E-state index contributed by atoms with van der Waals surface area (Å²) < 4.78 is 6.98. The van der Waals surface area contributed by atoms with Crippen LogP contribution in [0.2, 0.25) is 0 Å². The minimum Gasteiger partial charge on any atom is -0.489 e. The summed E-state index contributed by atoms with van der Waals surface area (Å²) in [5, 5.41) is 4.05. The maximum Gasteiger partial charge on any atom is 0.256 e. The number of hydrogen-bond acceptors (Lipinski definition) is 3. The molecular formula is C34H31BrN2O2. The summed E-state index contributed by atoms with van der Waals surface area (Å²) in [4.78, 5) is 19.0. The van der Waals surface area contributed by atoms with Crippen LogP contribution in [0.3, 0.4) is 0 Å². The summed E-state index contributed by atoms with van der Waals surface area (Å²) in [6.07, 6.45) is 0.813. The molecule has 1 heterocycles. The molecule has 1 amide bonds. The maximum absolute atomic E-state index is 13.9. The Morgan fingerprint density at radius 3 is 2.38 bits per heavy atom. The van der Waals surface area contributed by atoms with Crippen LogP contribution in [0.15, 0.2) is 89.4 Å². The first-order valence-corrected chi connectivity index (χ1v) is 13.9. The van der Waals surface area contributed by atoms with Gasteiger partial charge in [0.15, 0.2) is 0 Å². The van der Waals surface area contributed by atoms with Crippen LogP contribution in [0, 0.1) is 20.8 Å². The predicted octanol–water partition coefficient (Wildman–Crippen LogP) is 8.98. The quantitative estimate of drug-likeness (QED) is 0.209. The molecule has 5 rings (SSSR count). The van der Waals surface area contributed by atoms with E-state index < -0.39 is 0 Å². The lowest BCUT2D eigenvalue weighted by Crippen LogP contribution is -2.16. The third-order valence-electron chi connectivity index (χ3n) is 6.97. The molecule has 5 heteroatoms. The van der Waals surface area contributed by atoms with Crippen LogP contribution in [0.25, 0.3) is 22.2 Å². The summed E-state index contributed by atoms with van der Waals surface area (Å²) in [5.41, 5.74) is 9.22. The van der Waals surface area contributed by atoms with Crippen molar-refractivity contribution >= 4 is 38.4 Å². The first-order valence-electron chi connectivity index (χ1n) is 13.1. The van der Waals surface area contributed by atoms with Crippen molar-refractivity contribution in [2.75, 3.05) is 5.32 Å². The van der Waals surface area contributed by atoms with Crippen LogP contribution in [0.1, 0.15) is 45.1 Å². The molecule has 1 aromatic heterocycles. The fourth-order valence-electron chi connectivity index (χ4n) is 5.00. The Bertz CT molecular complexity index is 1660. The molecule has 0 fully saturated rings. The fraction of sp³-hybridized carbons (Fsp3) is 0.176. The van der Waals surface area contributed by atoms with Crippen LogP contribution < -0.4 is 10.1 Å². The Kier molecular flexibility index (Phi) is 7.80. The number of carbonyl (C=O) groups excluding carboxylic acids is 1. The van der Waals surface area contributed by atoms with Crippen LogP contribution in [-0.4, -0.2) is 10.9 Å². The van der Waals surface area contributed by atoms with Gasteiger partial charge in [-0.25, -0.2) is 4.98 Å². The van der Waals surface area contributed by atoms with Gasteiger partial charge in [0.1, 0.15) is 12.4 Å². The number of nitrogens with one attached hydrogen (secondary N) is 1. The average molecular weight is 580 g/mol. The highest BCUT2D eigenvalue weighted by Gasteiger charge is 2.21. The highest BCUT2D eigenvalue weighted by atomic mass is 79.9. The number of anilines is 1. The molecule has 196 valence electrons. The number of rotatable bonds is 7. The molecule has 0 unspecified atom stereocenters. The first kappa shape index (κ1) is 26.6. The molecule has 0 bridgehead atoms. The van der Waals surface area contributed by atoms with Crippen molar-refractivity contribution in [2.24, 2.45) is 0 Å². The lowest BCUT2D eigenvalue weighted by molar-refractivity contribution is 0.102. The third kappa shape index (κ3) is 5.74. The zero-order valence-corrected chi connectivity index (χ0v) is 24.2. The second-order valence-corrected chi connectivity index (χ2v) is 10.8. The highest BCUT2D eigenvalue weighted by molar-refractivity contribution is 9.10. The van der Waals surface area contributed by atoms with E-state index in [1.165, 1.54) is 0 Å². The summed E-state index contributed by atoms with van der Waals surface area (Å²) in [6.45, 7) is 8.67. The Hall–Kier alpha value is -3.96. The largest absolute Gasteiger partial charge is 0.489 e. The predicted molar refractivity (Wildman–Crippen MR) is 164 cm³/mol. The first-order chi connectivity index (χ1) is 18.8. The van der Waals surface area contributed by atoms with E-state index in [2.05, 4.69) is 47.2 Å². The molecule has 0 aliphatic carbocycles. The van der Waals surface area contributed by atoms with Crippen molar-refractivity contribution in [3.8, 4) is 17.0 Å². The summed E-state index contributed by atoms with van der Waals surface area (Å²) in [5.74, 6) is 0.652. The molecule has 1 N–H and O–H groups in total. The molecule has 39 heavy (non-hydrogen) atoms. The van der Waals surface area contributed by atoms with E-state index in [4.69, 9.17) is 9.72 Å². The molecule has 5 aromatic rings. The number of pyridine rings is 1. The monoisotopic (exact) mass is 578 g/mol. The molecule has 0 saturated heterocycles. The summed E-state index contributed by atoms with van der Waals surface area (Å²) in [7, 11) is 0. The van der Waals surface area contributed by atoms with Crippen molar-refractivity contribution in [2.45, 2.75) is 40.7 Å². The van der Waals surface area contributed by atoms with E-state index in [1.807, 2.05) is 86.6 Å². The topological polar surface area (TPSA) is 51.2 Å². The van der Waals surface area contributed by atoms with Crippen molar-refractivity contribution in [1.29, 1.82) is 0 Å². The Balaban J connectivity index is 1.54. The van der Waals surface area contributed by atoms with E-state index in [1.54, 1.807) is 0 Å². The summed E-state index contributed by atoms with van der Waals surface area (Å²) in [6, 6.07) is 28.2. The number of nitrogens with zero attached hydrogens (tertiary/aromatic N) is 1. The second kappa shape index (κ2) is 11.4. The Morgan fingerprint density at radius 1 is 0.923 bits per heavy atom. The number of ether oxygens (including phenoxy) is 1. The van der Waals surface area contributed by atoms with E-state index in [9.17, 15) is 4.79 Å². The molecule has 0 aliphatic heterocycles. The van der Waals surface area contributed by atoms with Crippen LogP contribution in [-0.2, 0) is 13.0 Å². The standard InChI is InChI=1S/C34H31BrN2O2/c1-5-25-19-27(35)13-16-30(25)36-34(38)31-23(4)33(37-32-22(3)17-21(2)18-29(31)32)26-11-14-28(15-12-26)39-20-24-9-7-6-8-10-24/h6-19H,5,20H2,1-4H3,(H,36,38). The summed E-state index contributed by atoms with van der Waals surface area (Å²) >= 11 is 3.54. The Labute approximate surface area is 238 Å². The van der Waals surface area contributed by atoms with Gasteiger partial charge in [0.25, 0.3) is 5.91 Å². The number of halogens is 1. The molecule has 0 saturated carbocycles. The fourth-order valence-corrected chi connectivity index (χ4v) is 5.41. The maximum atomic E-state index is 13.9. The molecule has 0 atom stereocenters. The minimum atomic E-state index is -0.133. The van der Waals surface area contributed by atoms with Crippen LogP contribution in [0.4, 0.5) is 5.69 Å². The number of amides is 1. The van der Waals surface area contributed by atoms with E-state index >= 15 is 0 Å². The van der Waals surface area contributed by atoms with Gasteiger partial charge in [-0.05, 0) is 98.0 Å².